The minimum absolute atomic E-state index is 0.415. The van der Waals surface area contributed by atoms with E-state index < -0.39 is 0 Å². The molecule has 0 aromatic rings. The SMILES string of the molecule is C1COCC(NC2CSC2)CO1. The number of ether oxygens (including phenoxy) is 2. The highest BCUT2D eigenvalue weighted by molar-refractivity contribution is 8.00. The van der Waals surface area contributed by atoms with Crippen molar-refractivity contribution in [1.82, 2.24) is 5.32 Å². The van der Waals surface area contributed by atoms with Crippen molar-refractivity contribution in [3.8, 4) is 0 Å². The van der Waals surface area contributed by atoms with Crippen LogP contribution in [-0.2, 0) is 9.47 Å². The molecule has 0 amide bonds. The predicted octanol–water partition coefficient (Wildman–Crippen LogP) is 0.107. The first kappa shape index (κ1) is 8.81. The third kappa shape index (κ3) is 2.36. The summed E-state index contributed by atoms with van der Waals surface area (Å²) in [5, 5.41) is 3.52. The van der Waals surface area contributed by atoms with Gasteiger partial charge in [-0.1, -0.05) is 0 Å². The third-order valence-electron chi connectivity index (χ3n) is 2.12. The maximum atomic E-state index is 5.38. The highest BCUT2D eigenvalue weighted by atomic mass is 32.2. The zero-order chi connectivity index (χ0) is 8.23. The summed E-state index contributed by atoms with van der Waals surface area (Å²) in [7, 11) is 0. The summed E-state index contributed by atoms with van der Waals surface area (Å²) in [5.41, 5.74) is 0. The molecule has 2 rings (SSSR count). The Morgan fingerprint density at radius 3 is 2.17 bits per heavy atom. The largest absolute Gasteiger partial charge is 0.377 e. The number of thioether (sulfide) groups is 1. The molecule has 0 aromatic heterocycles. The van der Waals surface area contributed by atoms with Crippen LogP contribution < -0.4 is 5.32 Å². The van der Waals surface area contributed by atoms with Crippen LogP contribution in [0.5, 0.6) is 0 Å². The monoisotopic (exact) mass is 189 g/mol. The van der Waals surface area contributed by atoms with E-state index in [9.17, 15) is 0 Å². The van der Waals surface area contributed by atoms with Gasteiger partial charge in [-0.05, 0) is 0 Å². The first-order chi connectivity index (χ1) is 5.95. The first-order valence-corrected chi connectivity index (χ1v) is 5.60. The van der Waals surface area contributed by atoms with E-state index in [0.29, 0.717) is 12.1 Å². The number of hydrogen-bond donors (Lipinski definition) is 1. The lowest BCUT2D eigenvalue weighted by atomic mass is 10.2. The van der Waals surface area contributed by atoms with E-state index in [-0.39, 0.29) is 0 Å². The third-order valence-corrected chi connectivity index (χ3v) is 3.40. The van der Waals surface area contributed by atoms with Gasteiger partial charge in [0.05, 0.1) is 32.5 Å². The van der Waals surface area contributed by atoms with Gasteiger partial charge in [0.15, 0.2) is 0 Å². The number of hydrogen-bond acceptors (Lipinski definition) is 4. The van der Waals surface area contributed by atoms with Crippen molar-refractivity contribution >= 4 is 11.8 Å². The molecule has 0 spiro atoms. The van der Waals surface area contributed by atoms with Gasteiger partial charge in [-0.15, -0.1) is 0 Å². The topological polar surface area (TPSA) is 30.5 Å². The molecule has 2 fully saturated rings. The van der Waals surface area contributed by atoms with Crippen molar-refractivity contribution in [2.45, 2.75) is 12.1 Å². The Morgan fingerprint density at radius 1 is 1.00 bits per heavy atom. The lowest BCUT2D eigenvalue weighted by Gasteiger charge is -2.30. The summed E-state index contributed by atoms with van der Waals surface area (Å²) < 4.78 is 10.8. The fourth-order valence-electron chi connectivity index (χ4n) is 1.38. The first-order valence-electron chi connectivity index (χ1n) is 4.44. The number of rotatable bonds is 2. The molecule has 70 valence electrons. The summed E-state index contributed by atoms with van der Waals surface area (Å²) in [6.45, 7) is 3.11. The van der Waals surface area contributed by atoms with Crippen LogP contribution in [-0.4, -0.2) is 50.0 Å². The van der Waals surface area contributed by atoms with Crippen LogP contribution in [0.15, 0.2) is 0 Å². The van der Waals surface area contributed by atoms with Crippen molar-refractivity contribution in [3.05, 3.63) is 0 Å². The van der Waals surface area contributed by atoms with Crippen LogP contribution in [0.4, 0.5) is 0 Å². The molecule has 2 saturated heterocycles. The van der Waals surface area contributed by atoms with Crippen LogP contribution in [0.25, 0.3) is 0 Å². The molecule has 0 bridgehead atoms. The van der Waals surface area contributed by atoms with E-state index in [2.05, 4.69) is 5.32 Å². The van der Waals surface area contributed by atoms with Crippen molar-refractivity contribution < 1.29 is 9.47 Å². The van der Waals surface area contributed by atoms with Crippen molar-refractivity contribution in [2.75, 3.05) is 37.9 Å². The zero-order valence-corrected chi connectivity index (χ0v) is 7.94. The van der Waals surface area contributed by atoms with Crippen molar-refractivity contribution in [2.24, 2.45) is 0 Å². The predicted molar refractivity (Wildman–Crippen MR) is 49.7 cm³/mol. The zero-order valence-electron chi connectivity index (χ0n) is 7.12. The van der Waals surface area contributed by atoms with Gasteiger partial charge in [0.1, 0.15) is 0 Å². The van der Waals surface area contributed by atoms with Crippen molar-refractivity contribution in [1.29, 1.82) is 0 Å². The second-order valence-electron chi connectivity index (χ2n) is 3.25. The summed E-state index contributed by atoms with van der Waals surface area (Å²) in [5.74, 6) is 2.49. The maximum absolute atomic E-state index is 5.38. The molecule has 2 heterocycles. The minimum Gasteiger partial charge on any atom is -0.377 e. The molecule has 3 nitrogen and oxygen atoms in total. The van der Waals surface area contributed by atoms with Gasteiger partial charge in [-0.3, -0.25) is 0 Å². The van der Waals surface area contributed by atoms with Gasteiger partial charge in [-0.25, -0.2) is 0 Å². The van der Waals surface area contributed by atoms with Gasteiger partial charge < -0.3 is 14.8 Å². The van der Waals surface area contributed by atoms with E-state index in [1.54, 1.807) is 0 Å². The Balaban J connectivity index is 1.69. The lowest BCUT2D eigenvalue weighted by molar-refractivity contribution is 0.103. The van der Waals surface area contributed by atoms with E-state index in [1.165, 1.54) is 11.5 Å². The Kier molecular flexibility index (Phi) is 3.28. The summed E-state index contributed by atoms with van der Waals surface area (Å²) >= 11 is 1.99. The van der Waals surface area contributed by atoms with Gasteiger partial charge >= 0.3 is 0 Å². The Hall–Kier alpha value is 0.230. The maximum Gasteiger partial charge on any atom is 0.0701 e. The minimum atomic E-state index is 0.415. The van der Waals surface area contributed by atoms with Crippen LogP contribution in [0.3, 0.4) is 0 Å². The van der Waals surface area contributed by atoms with Crippen molar-refractivity contribution in [3.63, 3.8) is 0 Å². The van der Waals surface area contributed by atoms with Crippen LogP contribution >= 0.6 is 11.8 Å². The second kappa shape index (κ2) is 4.46. The summed E-state index contributed by atoms with van der Waals surface area (Å²) in [6.07, 6.45) is 0. The molecule has 1 N–H and O–H groups in total. The van der Waals surface area contributed by atoms with E-state index in [1.807, 2.05) is 11.8 Å². The van der Waals surface area contributed by atoms with Gasteiger partial charge in [0.25, 0.3) is 0 Å². The second-order valence-corrected chi connectivity index (χ2v) is 4.32. The fraction of sp³-hybridized carbons (Fsp3) is 1.00. The molecule has 2 aliphatic rings. The standard InChI is InChI=1S/C8H15NO2S/c1-2-11-4-7(3-10-1)9-8-5-12-6-8/h7-9H,1-6H2. The molecule has 0 aromatic carbocycles. The van der Waals surface area contributed by atoms with Gasteiger partial charge in [0.2, 0.25) is 0 Å². The highest BCUT2D eigenvalue weighted by Crippen LogP contribution is 2.17. The normalized spacial score (nSPS) is 28.0. The molecule has 0 aliphatic carbocycles. The van der Waals surface area contributed by atoms with Gasteiger partial charge in [-0.2, -0.15) is 11.8 Å². The molecule has 12 heavy (non-hydrogen) atoms. The molecule has 0 atom stereocenters. The molecule has 0 unspecified atom stereocenters. The van der Waals surface area contributed by atoms with Gasteiger partial charge in [0, 0.05) is 17.5 Å². The molecular weight excluding hydrogens is 174 g/mol. The smallest absolute Gasteiger partial charge is 0.0701 e. The Bertz CT molecular complexity index is 133. The highest BCUT2D eigenvalue weighted by Gasteiger charge is 2.22. The summed E-state index contributed by atoms with van der Waals surface area (Å²) in [6, 6.07) is 1.11. The van der Waals surface area contributed by atoms with Crippen LogP contribution in [0.2, 0.25) is 0 Å². The van der Waals surface area contributed by atoms with E-state index in [0.717, 1.165) is 26.4 Å². The van der Waals surface area contributed by atoms with Crippen LogP contribution in [0.1, 0.15) is 0 Å². The quantitative estimate of drug-likeness (QED) is 0.668. The molecule has 2 aliphatic heterocycles. The van der Waals surface area contributed by atoms with Crippen LogP contribution in [0, 0.1) is 0 Å². The Morgan fingerprint density at radius 2 is 1.67 bits per heavy atom. The number of nitrogens with one attached hydrogen (secondary N) is 1. The van der Waals surface area contributed by atoms with E-state index >= 15 is 0 Å². The molecular formula is C8H15NO2S. The summed E-state index contributed by atoms with van der Waals surface area (Å²) in [4.78, 5) is 0. The average molecular weight is 189 g/mol. The molecule has 0 radical (unpaired) electrons. The molecule has 4 heteroatoms. The van der Waals surface area contributed by atoms with E-state index in [4.69, 9.17) is 9.47 Å². The fourth-order valence-corrected chi connectivity index (χ4v) is 2.04. The average Bonchev–Trinajstić information content (AvgIpc) is 2.24. The molecule has 0 saturated carbocycles. The lowest BCUT2D eigenvalue weighted by Crippen LogP contribution is -2.49. The Labute approximate surface area is 77.2 Å².